The Morgan fingerprint density at radius 1 is 1.25 bits per heavy atom. The first-order chi connectivity index (χ1) is 9.34. The second kappa shape index (κ2) is 5.87. The smallest absolute Gasteiger partial charge is 0.0957 e. The summed E-state index contributed by atoms with van der Waals surface area (Å²) in [7, 11) is 0. The van der Waals surface area contributed by atoms with E-state index in [0.29, 0.717) is 0 Å². The number of hydrogen-bond acceptors (Lipinski definition) is 2. The van der Waals surface area contributed by atoms with Gasteiger partial charge in [-0.15, -0.1) is 0 Å². The molecule has 1 saturated heterocycles. The van der Waals surface area contributed by atoms with E-state index >= 15 is 0 Å². The van der Waals surface area contributed by atoms with Gasteiger partial charge in [0.05, 0.1) is 11.7 Å². The third kappa shape index (κ3) is 3.62. The monoisotopic (exact) mass is 275 g/mol. The normalized spacial score (nSPS) is 27.6. The third-order valence-corrected chi connectivity index (χ3v) is 4.18. The van der Waals surface area contributed by atoms with Crippen molar-refractivity contribution in [2.45, 2.75) is 64.6 Å². The third-order valence-electron chi connectivity index (χ3n) is 4.18. The number of rotatable bonds is 3. The zero-order valence-electron chi connectivity index (χ0n) is 13.6. The number of hydrogen-bond donors (Lipinski definition) is 1. The van der Waals surface area contributed by atoms with Gasteiger partial charge >= 0.3 is 0 Å². The van der Waals surface area contributed by atoms with Crippen molar-refractivity contribution in [1.29, 1.82) is 0 Å². The Kier molecular flexibility index (Phi) is 4.55. The Morgan fingerprint density at radius 2 is 1.90 bits per heavy atom. The van der Waals surface area contributed by atoms with Crippen molar-refractivity contribution < 1.29 is 4.74 Å². The quantitative estimate of drug-likeness (QED) is 0.892. The molecule has 2 atom stereocenters. The van der Waals surface area contributed by atoms with E-state index in [4.69, 9.17) is 4.74 Å². The number of morpholine rings is 1. The molecule has 1 N–H and O–H groups in total. The Balaban J connectivity index is 2.11. The molecule has 112 valence electrons. The van der Waals surface area contributed by atoms with Crippen molar-refractivity contribution in [2.24, 2.45) is 0 Å². The molecular weight excluding hydrogens is 246 g/mol. The lowest BCUT2D eigenvalue weighted by molar-refractivity contribution is -0.112. The van der Waals surface area contributed by atoms with Crippen LogP contribution in [0.2, 0.25) is 0 Å². The van der Waals surface area contributed by atoms with Crippen LogP contribution >= 0.6 is 0 Å². The molecule has 0 radical (unpaired) electrons. The van der Waals surface area contributed by atoms with Crippen LogP contribution in [0, 0.1) is 0 Å². The lowest BCUT2D eigenvalue weighted by Crippen LogP contribution is -2.48. The predicted molar refractivity (Wildman–Crippen MR) is 85.2 cm³/mol. The molecular formula is C18H29NO. The molecule has 0 bridgehead atoms. The van der Waals surface area contributed by atoms with E-state index in [1.807, 2.05) is 0 Å². The fraction of sp³-hybridized carbons (Fsp3) is 0.667. The molecule has 2 nitrogen and oxygen atoms in total. The molecule has 1 aromatic carbocycles. The van der Waals surface area contributed by atoms with Gasteiger partial charge < -0.3 is 10.1 Å². The molecule has 0 aromatic heterocycles. The summed E-state index contributed by atoms with van der Waals surface area (Å²) in [5.74, 6) is 0. The molecule has 20 heavy (non-hydrogen) atoms. The van der Waals surface area contributed by atoms with Gasteiger partial charge in [-0.2, -0.15) is 0 Å². The summed E-state index contributed by atoms with van der Waals surface area (Å²) in [5.41, 5.74) is 2.84. The molecule has 1 aliphatic rings. The molecule has 1 heterocycles. The fourth-order valence-electron chi connectivity index (χ4n) is 2.95. The highest BCUT2D eigenvalue weighted by atomic mass is 16.5. The Bertz CT molecular complexity index is 428. The van der Waals surface area contributed by atoms with Crippen LogP contribution in [0.15, 0.2) is 24.3 Å². The van der Waals surface area contributed by atoms with Gasteiger partial charge in [0.15, 0.2) is 0 Å². The van der Waals surface area contributed by atoms with Crippen molar-refractivity contribution >= 4 is 0 Å². The van der Waals surface area contributed by atoms with E-state index < -0.39 is 0 Å². The maximum atomic E-state index is 6.36. The van der Waals surface area contributed by atoms with E-state index in [0.717, 1.165) is 25.9 Å². The summed E-state index contributed by atoms with van der Waals surface area (Å²) >= 11 is 0. The van der Waals surface area contributed by atoms with Gasteiger partial charge in [-0.25, -0.2) is 0 Å². The lowest BCUT2D eigenvalue weighted by atomic mass is 9.86. The highest BCUT2D eigenvalue weighted by Gasteiger charge is 2.32. The second-order valence-corrected chi connectivity index (χ2v) is 7.31. The van der Waals surface area contributed by atoms with Crippen LogP contribution in [-0.4, -0.2) is 18.7 Å². The van der Waals surface area contributed by atoms with Gasteiger partial charge in [-0.1, -0.05) is 58.4 Å². The van der Waals surface area contributed by atoms with Gasteiger partial charge in [0, 0.05) is 13.1 Å². The maximum absolute atomic E-state index is 6.36. The van der Waals surface area contributed by atoms with Crippen molar-refractivity contribution in [3.63, 3.8) is 0 Å². The van der Waals surface area contributed by atoms with Gasteiger partial charge in [0.1, 0.15) is 0 Å². The van der Waals surface area contributed by atoms with E-state index in [-0.39, 0.29) is 17.1 Å². The molecule has 0 amide bonds. The average molecular weight is 275 g/mol. The minimum absolute atomic E-state index is 0.0274. The van der Waals surface area contributed by atoms with E-state index in [1.165, 1.54) is 11.1 Å². The highest BCUT2D eigenvalue weighted by molar-refractivity contribution is 5.29. The van der Waals surface area contributed by atoms with Crippen LogP contribution in [0.5, 0.6) is 0 Å². The summed E-state index contributed by atoms with van der Waals surface area (Å²) in [6.45, 7) is 13.1. The van der Waals surface area contributed by atoms with Gasteiger partial charge in [-0.05, 0) is 29.9 Å². The van der Waals surface area contributed by atoms with Crippen LogP contribution in [0.4, 0.5) is 0 Å². The molecule has 2 unspecified atom stereocenters. The molecule has 2 rings (SSSR count). The summed E-state index contributed by atoms with van der Waals surface area (Å²) in [6, 6.07) is 8.93. The van der Waals surface area contributed by atoms with Crippen LogP contribution in [0.1, 0.15) is 64.7 Å². The Labute approximate surface area is 123 Å². The lowest BCUT2D eigenvalue weighted by Gasteiger charge is -2.39. The summed E-state index contributed by atoms with van der Waals surface area (Å²) in [4.78, 5) is 0. The predicted octanol–water partition coefficient (Wildman–Crippen LogP) is 4.20. The maximum Gasteiger partial charge on any atom is 0.0957 e. The van der Waals surface area contributed by atoms with Crippen LogP contribution in [0.25, 0.3) is 0 Å². The summed E-state index contributed by atoms with van der Waals surface area (Å²) in [6.07, 6.45) is 2.44. The minimum Gasteiger partial charge on any atom is -0.365 e. The minimum atomic E-state index is -0.0274. The first kappa shape index (κ1) is 15.5. The highest BCUT2D eigenvalue weighted by Crippen LogP contribution is 2.31. The molecule has 0 spiro atoms. The summed E-state index contributed by atoms with van der Waals surface area (Å²) < 4.78 is 6.36. The number of benzene rings is 1. The van der Waals surface area contributed by atoms with E-state index in [2.05, 4.69) is 64.2 Å². The number of ether oxygens (including phenoxy) is 1. The van der Waals surface area contributed by atoms with Gasteiger partial charge in [0.2, 0.25) is 0 Å². The second-order valence-electron chi connectivity index (χ2n) is 7.31. The summed E-state index contributed by atoms with van der Waals surface area (Å²) in [5, 5.41) is 3.53. The van der Waals surface area contributed by atoms with Crippen LogP contribution in [0.3, 0.4) is 0 Å². The van der Waals surface area contributed by atoms with Crippen LogP contribution < -0.4 is 5.32 Å². The first-order valence-electron chi connectivity index (χ1n) is 7.83. The SMILES string of the molecule is CCCC1(C)CNCC(c2ccc(C(C)(C)C)cc2)O1. The van der Waals surface area contributed by atoms with E-state index in [9.17, 15) is 0 Å². The van der Waals surface area contributed by atoms with E-state index in [1.54, 1.807) is 0 Å². The zero-order valence-corrected chi connectivity index (χ0v) is 13.6. The molecule has 0 aliphatic carbocycles. The average Bonchev–Trinajstić information content (AvgIpc) is 2.38. The Hall–Kier alpha value is -0.860. The van der Waals surface area contributed by atoms with Crippen molar-refractivity contribution in [3.8, 4) is 0 Å². The Morgan fingerprint density at radius 3 is 2.45 bits per heavy atom. The van der Waals surface area contributed by atoms with Gasteiger partial charge in [-0.3, -0.25) is 0 Å². The molecule has 1 aromatic rings. The number of nitrogens with one attached hydrogen (secondary N) is 1. The van der Waals surface area contributed by atoms with Crippen molar-refractivity contribution in [3.05, 3.63) is 35.4 Å². The standard InChI is InChI=1S/C18H29NO/c1-6-11-18(5)13-19-12-16(20-18)14-7-9-15(10-8-14)17(2,3)4/h7-10,16,19H,6,11-13H2,1-5H3. The van der Waals surface area contributed by atoms with Gasteiger partial charge in [0.25, 0.3) is 0 Å². The molecule has 2 heteroatoms. The van der Waals surface area contributed by atoms with Crippen LogP contribution in [-0.2, 0) is 10.2 Å². The molecule has 1 aliphatic heterocycles. The largest absolute Gasteiger partial charge is 0.365 e. The fourth-order valence-corrected chi connectivity index (χ4v) is 2.95. The zero-order chi connectivity index (χ0) is 14.8. The van der Waals surface area contributed by atoms with Crippen molar-refractivity contribution in [1.82, 2.24) is 5.32 Å². The molecule has 1 fully saturated rings. The first-order valence-corrected chi connectivity index (χ1v) is 7.83. The van der Waals surface area contributed by atoms with Crippen molar-refractivity contribution in [2.75, 3.05) is 13.1 Å². The molecule has 0 saturated carbocycles. The topological polar surface area (TPSA) is 21.3 Å².